The zero-order valence-corrected chi connectivity index (χ0v) is 11.9. The number of benzene rings is 1. The third-order valence-corrected chi connectivity index (χ3v) is 3.97. The smallest absolute Gasteiger partial charge is 0.321 e. The highest BCUT2D eigenvalue weighted by Crippen LogP contribution is 2.18. The van der Waals surface area contributed by atoms with Crippen LogP contribution in [0.3, 0.4) is 0 Å². The minimum atomic E-state index is -0.0754. The average molecular weight is 280 g/mol. The van der Waals surface area contributed by atoms with E-state index in [0.29, 0.717) is 6.54 Å². The fraction of sp³-hybridized carbons (Fsp3) is 0.500. The molecule has 1 aromatic rings. The first-order valence-corrected chi connectivity index (χ1v) is 7.87. The van der Waals surface area contributed by atoms with Crippen LogP contribution in [-0.4, -0.2) is 42.0 Å². The number of hydrogen-bond acceptors (Lipinski definition) is 3. The summed E-state index contributed by atoms with van der Waals surface area (Å²) < 4.78 is 0. The minimum Gasteiger partial charge on any atom is -0.396 e. The normalized spacial score (nSPS) is 18.6. The number of rotatable bonds is 4. The zero-order chi connectivity index (χ0) is 13.7. The van der Waals surface area contributed by atoms with Crippen LogP contribution in [0, 0.1) is 5.92 Å². The van der Waals surface area contributed by atoms with Crippen molar-refractivity contribution in [1.82, 2.24) is 4.90 Å². The Balaban J connectivity index is 1.88. The van der Waals surface area contributed by atoms with Gasteiger partial charge in [-0.3, -0.25) is 0 Å². The van der Waals surface area contributed by atoms with E-state index in [-0.39, 0.29) is 18.6 Å². The SMILES string of the molecule is CSCc1ccc(NC(=O)N2CCC(CO)C2)cc1. The quantitative estimate of drug-likeness (QED) is 0.890. The highest BCUT2D eigenvalue weighted by Gasteiger charge is 2.25. The number of carbonyl (C=O) groups excluding carboxylic acids is 1. The Labute approximate surface area is 118 Å². The molecule has 19 heavy (non-hydrogen) atoms. The van der Waals surface area contributed by atoms with Gasteiger partial charge in [-0.25, -0.2) is 4.79 Å². The molecule has 104 valence electrons. The summed E-state index contributed by atoms with van der Waals surface area (Å²) in [5, 5.41) is 12.0. The maximum atomic E-state index is 12.0. The standard InChI is InChI=1S/C14H20N2O2S/c1-19-10-11-2-4-13(5-3-11)15-14(18)16-7-6-12(8-16)9-17/h2-5,12,17H,6-10H2,1H3,(H,15,18). The van der Waals surface area contributed by atoms with Crippen LogP contribution in [0.2, 0.25) is 0 Å². The zero-order valence-electron chi connectivity index (χ0n) is 11.1. The van der Waals surface area contributed by atoms with Gasteiger partial charge in [0.2, 0.25) is 0 Å². The van der Waals surface area contributed by atoms with Crippen LogP contribution < -0.4 is 5.32 Å². The Morgan fingerprint density at radius 3 is 2.79 bits per heavy atom. The van der Waals surface area contributed by atoms with Gasteiger partial charge >= 0.3 is 6.03 Å². The van der Waals surface area contributed by atoms with Crippen molar-refractivity contribution in [2.75, 3.05) is 31.3 Å². The van der Waals surface area contributed by atoms with Gasteiger partial charge in [0.25, 0.3) is 0 Å². The minimum absolute atomic E-state index is 0.0754. The van der Waals surface area contributed by atoms with Crippen LogP contribution in [-0.2, 0) is 5.75 Å². The molecule has 1 atom stereocenters. The van der Waals surface area contributed by atoms with Crippen molar-refractivity contribution in [3.63, 3.8) is 0 Å². The maximum Gasteiger partial charge on any atom is 0.321 e. The Bertz CT molecular complexity index is 422. The number of nitrogens with one attached hydrogen (secondary N) is 1. The van der Waals surface area contributed by atoms with Crippen LogP contribution >= 0.6 is 11.8 Å². The van der Waals surface area contributed by atoms with Crippen molar-refractivity contribution in [3.05, 3.63) is 29.8 Å². The van der Waals surface area contributed by atoms with Gasteiger partial charge in [-0.15, -0.1) is 0 Å². The van der Waals surface area contributed by atoms with Crippen LogP contribution in [0.25, 0.3) is 0 Å². The first kappa shape index (κ1) is 14.2. The van der Waals surface area contributed by atoms with Crippen molar-refractivity contribution in [2.45, 2.75) is 12.2 Å². The molecular weight excluding hydrogens is 260 g/mol. The molecule has 0 aromatic heterocycles. The van der Waals surface area contributed by atoms with Crippen molar-refractivity contribution in [1.29, 1.82) is 0 Å². The lowest BCUT2D eigenvalue weighted by Gasteiger charge is -2.17. The molecule has 1 heterocycles. The van der Waals surface area contributed by atoms with Crippen LogP contribution in [0.5, 0.6) is 0 Å². The van der Waals surface area contributed by atoms with E-state index in [1.54, 1.807) is 16.7 Å². The van der Waals surface area contributed by atoms with E-state index < -0.39 is 0 Å². The Morgan fingerprint density at radius 1 is 1.47 bits per heavy atom. The molecule has 0 aliphatic carbocycles. The predicted molar refractivity (Wildman–Crippen MR) is 79.4 cm³/mol. The molecule has 1 unspecified atom stereocenters. The van der Waals surface area contributed by atoms with Crippen molar-refractivity contribution in [3.8, 4) is 0 Å². The number of aliphatic hydroxyl groups is 1. The van der Waals surface area contributed by atoms with Gasteiger partial charge in [0.1, 0.15) is 0 Å². The maximum absolute atomic E-state index is 12.0. The molecule has 1 aromatic carbocycles. The third-order valence-electron chi connectivity index (χ3n) is 3.35. The van der Waals surface area contributed by atoms with Gasteiger partial charge < -0.3 is 15.3 Å². The number of hydrogen-bond donors (Lipinski definition) is 2. The average Bonchev–Trinajstić information content (AvgIpc) is 2.90. The topological polar surface area (TPSA) is 52.6 Å². The molecule has 0 radical (unpaired) electrons. The van der Waals surface area contributed by atoms with E-state index in [4.69, 9.17) is 5.11 Å². The Morgan fingerprint density at radius 2 is 2.21 bits per heavy atom. The predicted octanol–water partition coefficient (Wildman–Crippen LogP) is 2.40. The van der Waals surface area contributed by atoms with Crippen LogP contribution in [0.15, 0.2) is 24.3 Å². The molecule has 1 saturated heterocycles. The summed E-state index contributed by atoms with van der Waals surface area (Å²) in [5.41, 5.74) is 2.08. The van der Waals surface area contributed by atoms with E-state index in [0.717, 1.165) is 24.4 Å². The second-order valence-electron chi connectivity index (χ2n) is 4.84. The highest BCUT2D eigenvalue weighted by molar-refractivity contribution is 7.97. The molecule has 0 saturated carbocycles. The van der Waals surface area contributed by atoms with Gasteiger partial charge in [-0.2, -0.15) is 11.8 Å². The first-order chi connectivity index (χ1) is 9.22. The molecule has 2 N–H and O–H groups in total. The second-order valence-corrected chi connectivity index (χ2v) is 5.71. The summed E-state index contributed by atoms with van der Waals surface area (Å²) in [5.74, 6) is 1.22. The summed E-state index contributed by atoms with van der Waals surface area (Å²) in [6.45, 7) is 1.53. The number of anilines is 1. The number of nitrogens with zero attached hydrogens (tertiary/aromatic N) is 1. The van der Waals surface area contributed by atoms with Crippen molar-refractivity contribution >= 4 is 23.5 Å². The molecule has 1 aliphatic heterocycles. The molecule has 2 amide bonds. The second kappa shape index (κ2) is 6.82. The van der Waals surface area contributed by atoms with E-state index in [1.807, 2.05) is 24.3 Å². The molecule has 0 bridgehead atoms. The number of aliphatic hydroxyl groups excluding tert-OH is 1. The lowest BCUT2D eigenvalue weighted by Crippen LogP contribution is -2.33. The lowest BCUT2D eigenvalue weighted by molar-refractivity contribution is 0.209. The van der Waals surface area contributed by atoms with Crippen LogP contribution in [0.1, 0.15) is 12.0 Å². The van der Waals surface area contributed by atoms with Gasteiger partial charge in [-0.1, -0.05) is 12.1 Å². The molecular formula is C14H20N2O2S. The summed E-state index contributed by atoms with van der Waals surface area (Å²) >= 11 is 1.78. The molecule has 5 heteroatoms. The van der Waals surface area contributed by atoms with E-state index in [2.05, 4.69) is 11.6 Å². The molecule has 2 rings (SSSR count). The largest absolute Gasteiger partial charge is 0.396 e. The summed E-state index contributed by atoms with van der Waals surface area (Å²) in [7, 11) is 0. The van der Waals surface area contributed by atoms with Crippen molar-refractivity contribution in [2.24, 2.45) is 5.92 Å². The molecule has 4 nitrogen and oxygen atoms in total. The van der Waals surface area contributed by atoms with E-state index >= 15 is 0 Å². The van der Waals surface area contributed by atoms with E-state index in [1.165, 1.54) is 5.56 Å². The Kier molecular flexibility index (Phi) is 5.10. The van der Waals surface area contributed by atoms with Gasteiger partial charge in [0, 0.05) is 37.1 Å². The Hall–Kier alpha value is -1.20. The summed E-state index contributed by atoms with van der Waals surface area (Å²) in [6, 6.07) is 7.86. The third kappa shape index (κ3) is 3.88. The number of urea groups is 1. The van der Waals surface area contributed by atoms with Gasteiger partial charge in [-0.05, 0) is 30.4 Å². The fourth-order valence-corrected chi connectivity index (χ4v) is 2.75. The summed E-state index contributed by atoms with van der Waals surface area (Å²) in [6.07, 6.45) is 2.96. The molecule has 0 spiro atoms. The number of thioether (sulfide) groups is 1. The van der Waals surface area contributed by atoms with Crippen molar-refractivity contribution < 1.29 is 9.90 Å². The monoisotopic (exact) mass is 280 g/mol. The highest BCUT2D eigenvalue weighted by atomic mass is 32.2. The first-order valence-electron chi connectivity index (χ1n) is 6.47. The molecule has 1 aliphatic rings. The van der Waals surface area contributed by atoms with Gasteiger partial charge in [0.15, 0.2) is 0 Å². The van der Waals surface area contributed by atoms with Gasteiger partial charge in [0.05, 0.1) is 0 Å². The lowest BCUT2D eigenvalue weighted by atomic mass is 10.1. The summed E-state index contributed by atoms with van der Waals surface area (Å²) in [4.78, 5) is 13.8. The van der Waals surface area contributed by atoms with E-state index in [9.17, 15) is 4.79 Å². The number of likely N-dealkylation sites (tertiary alicyclic amines) is 1. The van der Waals surface area contributed by atoms with Crippen LogP contribution in [0.4, 0.5) is 10.5 Å². The fourth-order valence-electron chi connectivity index (χ4n) is 2.22. The number of amides is 2. The number of carbonyl (C=O) groups is 1. The molecule has 1 fully saturated rings.